The summed E-state index contributed by atoms with van der Waals surface area (Å²) < 4.78 is 0. The lowest BCUT2D eigenvalue weighted by atomic mass is 10.0. The minimum atomic E-state index is -0.497. The van der Waals surface area contributed by atoms with Crippen molar-refractivity contribution in [2.24, 2.45) is 0 Å². The van der Waals surface area contributed by atoms with Crippen molar-refractivity contribution in [3.63, 3.8) is 0 Å². The van der Waals surface area contributed by atoms with E-state index >= 15 is 0 Å². The van der Waals surface area contributed by atoms with Crippen LogP contribution < -0.4 is 10.6 Å². The first-order chi connectivity index (χ1) is 8.00. The van der Waals surface area contributed by atoms with Crippen LogP contribution in [0, 0.1) is 6.92 Å². The molecule has 3 N–H and O–H groups in total. The monoisotopic (exact) mass is 234 g/mol. The van der Waals surface area contributed by atoms with Crippen molar-refractivity contribution in [2.75, 3.05) is 24.2 Å². The van der Waals surface area contributed by atoms with Gasteiger partial charge in [-0.25, -0.2) is 0 Å². The molecule has 1 fully saturated rings. The molecule has 1 aromatic carbocycles. The molecule has 0 unspecified atom stereocenters. The maximum absolute atomic E-state index is 10.4. The van der Waals surface area contributed by atoms with Crippen molar-refractivity contribution in [3.05, 3.63) is 23.8 Å². The molecule has 1 saturated carbocycles. The number of nitrogens with zero attached hydrogens (tertiary/aromatic N) is 1. The van der Waals surface area contributed by atoms with Crippen LogP contribution in [0.15, 0.2) is 18.2 Å². The quantitative estimate of drug-likeness (QED) is 0.789. The molecule has 1 aliphatic carbocycles. The lowest BCUT2D eigenvalue weighted by Gasteiger charge is -2.31. The summed E-state index contributed by atoms with van der Waals surface area (Å²) in [6.45, 7) is 2.76. The van der Waals surface area contributed by atoms with Gasteiger partial charge in [0.1, 0.15) is 0 Å². The van der Waals surface area contributed by atoms with Crippen LogP contribution in [0.2, 0.25) is 0 Å². The number of aryl methyl sites for hydroxylation is 1. The van der Waals surface area contributed by atoms with Gasteiger partial charge in [0.25, 0.3) is 0 Å². The van der Waals surface area contributed by atoms with Gasteiger partial charge >= 0.3 is 0 Å². The van der Waals surface area contributed by atoms with Crippen molar-refractivity contribution in [2.45, 2.75) is 38.2 Å². The number of aliphatic hydroxyl groups is 1. The van der Waals surface area contributed by atoms with Crippen molar-refractivity contribution in [1.29, 1.82) is 0 Å². The van der Waals surface area contributed by atoms with Crippen LogP contribution in [0.4, 0.5) is 11.4 Å². The minimum absolute atomic E-state index is 0.497. The third-order valence-corrected chi connectivity index (χ3v) is 3.70. The molecular formula is C14H22N2O. The molecule has 0 radical (unpaired) electrons. The van der Waals surface area contributed by atoms with E-state index in [2.05, 4.69) is 11.8 Å². The SMILES string of the molecule is Cc1cc(N)ccc1N(C)CC1(O)CCCC1. The summed E-state index contributed by atoms with van der Waals surface area (Å²) in [6, 6.07) is 5.92. The van der Waals surface area contributed by atoms with Gasteiger partial charge in [-0.2, -0.15) is 0 Å². The number of nitrogen functional groups attached to an aromatic ring is 1. The maximum Gasteiger partial charge on any atom is 0.0821 e. The van der Waals surface area contributed by atoms with Crippen molar-refractivity contribution in [3.8, 4) is 0 Å². The first kappa shape index (κ1) is 12.2. The fourth-order valence-corrected chi connectivity index (χ4v) is 2.82. The topological polar surface area (TPSA) is 49.5 Å². The van der Waals surface area contributed by atoms with E-state index in [1.54, 1.807) is 0 Å². The molecule has 0 bridgehead atoms. The van der Waals surface area contributed by atoms with Gasteiger partial charge in [-0.3, -0.25) is 0 Å². The molecule has 0 aromatic heterocycles. The van der Waals surface area contributed by atoms with Crippen molar-refractivity contribution < 1.29 is 5.11 Å². The molecule has 94 valence electrons. The van der Waals surface area contributed by atoms with Gasteiger partial charge in [0.2, 0.25) is 0 Å². The fraction of sp³-hybridized carbons (Fsp3) is 0.571. The molecule has 1 aromatic rings. The van der Waals surface area contributed by atoms with Crippen LogP contribution in [0.1, 0.15) is 31.2 Å². The van der Waals surface area contributed by atoms with Crippen molar-refractivity contribution in [1.82, 2.24) is 0 Å². The molecule has 1 aliphatic rings. The molecule has 2 rings (SSSR count). The molecule has 3 heteroatoms. The van der Waals surface area contributed by atoms with Crippen LogP contribution in [-0.4, -0.2) is 24.3 Å². The lowest BCUT2D eigenvalue weighted by molar-refractivity contribution is 0.0559. The summed E-state index contributed by atoms with van der Waals surface area (Å²) in [4.78, 5) is 2.14. The highest BCUT2D eigenvalue weighted by atomic mass is 16.3. The summed E-state index contributed by atoms with van der Waals surface area (Å²) >= 11 is 0. The number of rotatable bonds is 3. The van der Waals surface area contributed by atoms with E-state index in [1.165, 1.54) is 0 Å². The molecule has 0 atom stereocenters. The Morgan fingerprint density at radius 3 is 2.59 bits per heavy atom. The van der Waals surface area contributed by atoms with E-state index in [0.717, 1.165) is 42.6 Å². The van der Waals surface area contributed by atoms with Crippen LogP contribution in [0.5, 0.6) is 0 Å². The molecular weight excluding hydrogens is 212 g/mol. The van der Waals surface area contributed by atoms with Crippen LogP contribution in [-0.2, 0) is 0 Å². The van der Waals surface area contributed by atoms with Crippen molar-refractivity contribution >= 4 is 11.4 Å². The number of nitrogens with two attached hydrogens (primary N) is 1. The number of benzene rings is 1. The van der Waals surface area contributed by atoms with E-state index in [4.69, 9.17) is 5.73 Å². The molecule has 17 heavy (non-hydrogen) atoms. The van der Waals surface area contributed by atoms with E-state index in [0.29, 0.717) is 6.54 Å². The highest BCUT2D eigenvalue weighted by Crippen LogP contribution is 2.32. The Balaban J connectivity index is 2.11. The van der Waals surface area contributed by atoms with Gasteiger partial charge in [0.05, 0.1) is 5.60 Å². The van der Waals surface area contributed by atoms with Gasteiger partial charge < -0.3 is 15.7 Å². The van der Waals surface area contributed by atoms with Gasteiger partial charge in [0, 0.05) is 25.0 Å². The average Bonchev–Trinajstić information content (AvgIpc) is 2.64. The number of hydrogen-bond acceptors (Lipinski definition) is 3. The summed E-state index contributed by atoms with van der Waals surface area (Å²) in [5.74, 6) is 0. The molecule has 3 nitrogen and oxygen atoms in total. The number of anilines is 2. The van der Waals surface area contributed by atoms with E-state index in [1.807, 2.05) is 25.2 Å². The minimum Gasteiger partial charge on any atom is -0.399 e. The Labute approximate surface area is 103 Å². The predicted octanol–water partition coefficient (Wildman–Crippen LogP) is 2.32. The smallest absolute Gasteiger partial charge is 0.0821 e. The Morgan fingerprint density at radius 2 is 2.00 bits per heavy atom. The molecule has 0 aliphatic heterocycles. The van der Waals surface area contributed by atoms with Gasteiger partial charge in [-0.15, -0.1) is 0 Å². The first-order valence-electron chi connectivity index (χ1n) is 6.30. The summed E-state index contributed by atoms with van der Waals surface area (Å²) in [5.41, 5.74) is 8.36. The zero-order valence-electron chi connectivity index (χ0n) is 10.7. The normalized spacial score (nSPS) is 18.3. The third-order valence-electron chi connectivity index (χ3n) is 3.70. The van der Waals surface area contributed by atoms with Gasteiger partial charge in [0.15, 0.2) is 0 Å². The Hall–Kier alpha value is -1.22. The zero-order valence-corrected chi connectivity index (χ0v) is 10.7. The molecule has 0 spiro atoms. The first-order valence-corrected chi connectivity index (χ1v) is 6.30. The predicted molar refractivity (Wildman–Crippen MR) is 72.3 cm³/mol. The Bertz CT molecular complexity index is 397. The van der Waals surface area contributed by atoms with Gasteiger partial charge in [-0.05, 0) is 43.5 Å². The molecule has 0 heterocycles. The van der Waals surface area contributed by atoms with E-state index < -0.39 is 5.60 Å². The summed E-state index contributed by atoms with van der Waals surface area (Å²) in [5, 5.41) is 10.4. The highest BCUT2D eigenvalue weighted by Gasteiger charge is 2.32. The summed E-state index contributed by atoms with van der Waals surface area (Å²) in [7, 11) is 2.04. The van der Waals surface area contributed by atoms with Crippen LogP contribution in [0.3, 0.4) is 0 Å². The average molecular weight is 234 g/mol. The largest absolute Gasteiger partial charge is 0.399 e. The van der Waals surface area contributed by atoms with E-state index in [-0.39, 0.29) is 0 Å². The highest BCUT2D eigenvalue weighted by molar-refractivity contribution is 5.58. The Morgan fingerprint density at radius 1 is 1.35 bits per heavy atom. The van der Waals surface area contributed by atoms with Crippen LogP contribution in [0.25, 0.3) is 0 Å². The molecule has 0 saturated heterocycles. The third kappa shape index (κ3) is 2.72. The van der Waals surface area contributed by atoms with E-state index in [9.17, 15) is 5.11 Å². The standard InChI is InChI=1S/C14H22N2O/c1-11-9-12(15)5-6-13(11)16(2)10-14(17)7-3-4-8-14/h5-6,9,17H,3-4,7-8,10,15H2,1-2H3. The van der Waals surface area contributed by atoms with Gasteiger partial charge in [-0.1, -0.05) is 12.8 Å². The molecule has 0 amide bonds. The second-order valence-electron chi connectivity index (χ2n) is 5.33. The number of hydrogen-bond donors (Lipinski definition) is 2. The fourth-order valence-electron chi connectivity index (χ4n) is 2.82. The second kappa shape index (κ2) is 4.57. The van der Waals surface area contributed by atoms with Crippen LogP contribution >= 0.6 is 0 Å². The lowest BCUT2D eigenvalue weighted by Crippen LogP contribution is -2.39. The Kier molecular flexibility index (Phi) is 3.29. The second-order valence-corrected chi connectivity index (χ2v) is 5.33. The zero-order chi connectivity index (χ0) is 12.5. The number of likely N-dealkylation sites (N-methyl/N-ethyl adjacent to an activating group) is 1. The maximum atomic E-state index is 10.4. The summed E-state index contributed by atoms with van der Waals surface area (Å²) in [6.07, 6.45) is 4.13.